The molecule has 6 aromatic heterocycles. The number of aromatic nitrogens is 4. The van der Waals surface area contributed by atoms with E-state index in [1.807, 2.05) is 66.9 Å². The van der Waals surface area contributed by atoms with Crippen molar-refractivity contribution in [2.24, 2.45) is 0 Å². The van der Waals surface area contributed by atoms with E-state index in [-0.39, 0.29) is 46.6 Å². The molecule has 4 N–H and O–H groups in total. The number of fused-ring (bicyclic) bond motifs is 3. The smallest absolute Gasteiger partial charge is 0.255 e. The van der Waals surface area contributed by atoms with Crippen LogP contribution in [0.4, 0.5) is 45.5 Å². The number of benzene rings is 8. The standard InChI is InChI=1S/C25H22ClN3O3S.C24H20ClN3O4S.C24H20ClN3O3S2.C23H22ClN3O3S/c26-22-12-9-19(16-21(22)24-13-8-17-4-3-5-23(17)28-24)27-25(30)18-6-10-20(11-7-18)29-14-1-2-15-33(29,31)32;25-21-8-5-17(15-20(21)23-19-10-13-32-22(19)9-11-26-23)27-24(29)16-3-6-18(7-4-16)28-12-1-2-14-33(28,30)31;25-21-8-5-18(15-20(21)22-23-16(9-11-26-22)10-13-32-23)27-24(29)17-3-6-19(7-4-17)28-12-1-2-14-33(28,30)31;1-16-10-11-25-22(14-16)20-15-18(6-9-21(20)24)26-23(28)17-4-7-19(8-5-17)27-12-2-3-13-31(27,29)30/h3-4,6-13,16H,1-2,5,14-15H2,(H,27,30);2*3-11,13,15H,1-2,12,14H2,(H,27,29);4-11,14-15H,2-3,12-13H2,1H3,(H,26,28). The molecule has 19 rings (SSSR count). The maximum absolute atomic E-state index is 12.8. The van der Waals surface area contributed by atoms with Gasteiger partial charge in [-0.15, -0.1) is 11.3 Å². The lowest BCUT2D eigenvalue weighted by Gasteiger charge is -2.28. The van der Waals surface area contributed by atoms with Crippen LogP contribution in [-0.4, -0.2) is 126 Å². The lowest BCUT2D eigenvalue weighted by molar-refractivity contribution is 0.101. The monoisotopic (exact) mass is 1910 g/mol. The number of hydrogen-bond donors (Lipinski definition) is 4. The third-order valence-corrected chi connectivity index (χ3v) is 32.0. The Morgan fingerprint density at radius 3 is 1.18 bits per heavy atom. The molecule has 10 heterocycles. The van der Waals surface area contributed by atoms with Gasteiger partial charge >= 0.3 is 0 Å². The number of anilines is 8. The summed E-state index contributed by atoms with van der Waals surface area (Å²) >= 11 is 27.3. The molecule has 130 heavy (non-hydrogen) atoms. The van der Waals surface area contributed by atoms with Gasteiger partial charge in [0.05, 0.1) is 105 Å². The zero-order valence-electron chi connectivity index (χ0n) is 69.8. The molecule has 8 aromatic carbocycles. The van der Waals surface area contributed by atoms with Crippen LogP contribution in [0.15, 0.2) is 259 Å². The van der Waals surface area contributed by atoms with Gasteiger partial charge in [-0.1, -0.05) is 64.6 Å². The Kier molecular flexibility index (Phi) is 27.7. The summed E-state index contributed by atoms with van der Waals surface area (Å²) in [6, 6.07) is 62.8. The highest BCUT2D eigenvalue weighted by Crippen LogP contribution is 2.40. The maximum Gasteiger partial charge on any atom is 0.255 e. The van der Waals surface area contributed by atoms with E-state index >= 15 is 0 Å². The molecule has 0 unspecified atom stereocenters. The van der Waals surface area contributed by atoms with E-state index in [0.717, 1.165) is 98.2 Å². The summed E-state index contributed by atoms with van der Waals surface area (Å²) in [6.07, 6.45) is 17.6. The number of nitrogens with one attached hydrogen (secondary N) is 4. The lowest BCUT2D eigenvalue weighted by Crippen LogP contribution is -2.37. The molecule has 0 radical (unpaired) electrons. The lowest BCUT2D eigenvalue weighted by atomic mass is 10.1. The Labute approximate surface area is 776 Å². The second kappa shape index (κ2) is 39.5. The van der Waals surface area contributed by atoms with Gasteiger partial charge in [0.2, 0.25) is 40.1 Å². The highest BCUT2D eigenvalue weighted by atomic mass is 35.5. The van der Waals surface area contributed by atoms with Crippen LogP contribution in [-0.2, 0) is 46.5 Å². The molecule has 14 aromatic rings. The van der Waals surface area contributed by atoms with E-state index in [9.17, 15) is 52.8 Å². The van der Waals surface area contributed by atoms with Crippen LogP contribution < -0.4 is 38.5 Å². The molecule has 0 saturated carbocycles. The quantitative estimate of drug-likeness (QED) is 0.0698. The molecule has 4 aliphatic heterocycles. The second-order valence-corrected chi connectivity index (χ2v) is 41.8. The van der Waals surface area contributed by atoms with Crippen LogP contribution in [0.3, 0.4) is 0 Å². The average Bonchev–Trinajstić information content (AvgIpc) is 1.47. The third-order valence-electron chi connectivity index (χ3n) is 22.3. The molecule has 5 aliphatic rings. The van der Waals surface area contributed by atoms with Gasteiger partial charge in [-0.2, -0.15) is 0 Å². The van der Waals surface area contributed by atoms with Crippen molar-refractivity contribution < 1.29 is 57.3 Å². The van der Waals surface area contributed by atoms with Crippen molar-refractivity contribution >= 4 is 194 Å². The summed E-state index contributed by atoms with van der Waals surface area (Å²) < 4.78 is 111. The van der Waals surface area contributed by atoms with Gasteiger partial charge in [0.25, 0.3) is 23.6 Å². The normalized spacial score (nSPS) is 15.7. The van der Waals surface area contributed by atoms with E-state index in [2.05, 4.69) is 48.4 Å². The predicted molar refractivity (Wildman–Crippen MR) is 520 cm³/mol. The van der Waals surface area contributed by atoms with E-state index in [0.29, 0.717) is 157 Å². The first-order valence-electron chi connectivity index (χ1n) is 41.7. The highest BCUT2D eigenvalue weighted by molar-refractivity contribution is 7.93. The number of rotatable bonds is 16. The van der Waals surface area contributed by atoms with Crippen molar-refractivity contribution in [2.75, 3.05) is 87.7 Å². The van der Waals surface area contributed by atoms with Crippen molar-refractivity contribution in [3.05, 3.63) is 314 Å². The fraction of sp³-hybridized carbons (Fsp3) is 0.188. The van der Waals surface area contributed by atoms with Crippen LogP contribution in [0.1, 0.15) is 110 Å². The number of halogens is 4. The van der Waals surface area contributed by atoms with Crippen molar-refractivity contribution in [3.63, 3.8) is 0 Å². The maximum atomic E-state index is 12.8. The summed E-state index contributed by atoms with van der Waals surface area (Å²) in [6.45, 7) is 3.83. The number of aryl methyl sites for hydroxylation is 1. The molecule has 664 valence electrons. The number of pyridine rings is 4. The molecule has 4 amide bonds. The molecule has 0 spiro atoms. The number of thiophene rings is 1. The SMILES string of the molecule is Cc1ccnc(-c2cc(NC(=O)c3ccc(N4CCCCS4(=O)=O)cc3)ccc2Cl)c1.O=C(Nc1ccc(Cl)c(-c2ccc3c(n2)CC=C3)c1)c1ccc(N2CCCCS2(=O)=O)cc1.O=C(Nc1ccc(Cl)c(-c2nccc3ccsc23)c1)c1ccc(N2CCCCS2(=O)=O)cc1.O=C(Nc1ccc(Cl)c(-c2nccc3occc23)c1)c1ccc(N2CCCCS2(=O)=O)cc1. The van der Waals surface area contributed by atoms with Crippen LogP contribution in [0.2, 0.25) is 20.1 Å². The first-order chi connectivity index (χ1) is 62.6. The number of hydrogen-bond acceptors (Lipinski definition) is 18. The van der Waals surface area contributed by atoms with Gasteiger partial charge < -0.3 is 25.7 Å². The predicted octanol–water partition coefficient (Wildman–Crippen LogP) is 21.2. The van der Waals surface area contributed by atoms with E-state index < -0.39 is 40.1 Å². The van der Waals surface area contributed by atoms with Gasteiger partial charge in [0, 0.05) is 124 Å². The van der Waals surface area contributed by atoms with Gasteiger partial charge in [0.1, 0.15) is 5.58 Å². The van der Waals surface area contributed by atoms with Gasteiger partial charge in [-0.05, 0) is 293 Å². The van der Waals surface area contributed by atoms with E-state index in [1.165, 1.54) is 17.2 Å². The fourth-order valence-corrected chi connectivity index (χ4v) is 23.9. The first kappa shape index (κ1) is 91.0. The Balaban J connectivity index is 0.000000127. The number of amides is 4. The number of sulfonamides is 4. The average molecular weight is 1920 g/mol. The largest absolute Gasteiger partial charge is 0.464 e. The summed E-state index contributed by atoms with van der Waals surface area (Å²) in [4.78, 5) is 69.2. The molecule has 0 bridgehead atoms. The Bertz CT molecular complexity index is 6970. The van der Waals surface area contributed by atoms with Crippen molar-refractivity contribution in [1.29, 1.82) is 0 Å². The zero-order chi connectivity index (χ0) is 91.0. The first-order valence-corrected chi connectivity index (χ1v) is 50.5. The molecule has 0 atom stereocenters. The number of furan rings is 1. The van der Waals surface area contributed by atoms with E-state index in [1.54, 1.807) is 200 Å². The van der Waals surface area contributed by atoms with Gasteiger partial charge in [-0.3, -0.25) is 56.3 Å². The molecule has 25 nitrogen and oxygen atoms in total. The highest BCUT2D eigenvalue weighted by Gasteiger charge is 2.31. The topological polar surface area (TPSA) is 331 Å². The fourth-order valence-electron chi connectivity index (χ4n) is 15.6. The molecular weight excluding hydrogens is 1830 g/mol. The van der Waals surface area contributed by atoms with Crippen LogP contribution in [0.5, 0.6) is 0 Å². The molecule has 4 fully saturated rings. The number of carbonyl (C=O) groups excluding carboxylic acids is 4. The number of allylic oxidation sites excluding steroid dienone is 1. The van der Waals surface area contributed by atoms with Crippen molar-refractivity contribution in [2.45, 2.75) is 64.7 Å². The summed E-state index contributed by atoms with van der Waals surface area (Å²) in [5.74, 6) is -0.573. The van der Waals surface area contributed by atoms with E-state index in [4.69, 9.17) is 55.8 Å². The minimum Gasteiger partial charge on any atom is -0.464 e. The zero-order valence-corrected chi connectivity index (χ0v) is 76.9. The van der Waals surface area contributed by atoms with Gasteiger partial charge in [-0.25, -0.2) is 33.7 Å². The van der Waals surface area contributed by atoms with Crippen LogP contribution in [0.25, 0.3) is 72.2 Å². The van der Waals surface area contributed by atoms with Crippen molar-refractivity contribution in [1.82, 2.24) is 19.9 Å². The minimum absolute atomic E-state index is 0.148. The summed E-state index contributed by atoms with van der Waals surface area (Å²) in [5.41, 5.74) is 16.1. The number of carbonyl (C=O) groups is 4. The Morgan fingerprint density at radius 1 is 0.385 bits per heavy atom. The molecular formula is C96H84Cl4N12O13S5. The number of nitrogens with zero attached hydrogens (tertiary/aromatic N) is 8. The van der Waals surface area contributed by atoms with Gasteiger partial charge in [0.15, 0.2) is 0 Å². The third kappa shape index (κ3) is 21.1. The van der Waals surface area contributed by atoms with Crippen molar-refractivity contribution in [3.8, 4) is 45.0 Å². The summed E-state index contributed by atoms with van der Waals surface area (Å²) in [7, 11) is -13.2. The summed E-state index contributed by atoms with van der Waals surface area (Å²) in [5, 5.41) is 17.6. The Morgan fingerprint density at radius 2 is 0.762 bits per heavy atom. The second-order valence-electron chi connectivity index (χ2n) is 31.2. The molecule has 4 saturated heterocycles. The molecule has 34 heteroatoms. The Hall–Kier alpha value is -12.4. The molecule has 1 aliphatic carbocycles. The van der Waals surface area contributed by atoms with Crippen LogP contribution in [0, 0.1) is 6.92 Å². The minimum atomic E-state index is -3.30. The van der Waals surface area contributed by atoms with Crippen LogP contribution >= 0.6 is 57.7 Å².